The fraction of sp³-hybridized carbons (Fsp3) is 0.222. The third-order valence-corrected chi connectivity index (χ3v) is 8.88. The summed E-state index contributed by atoms with van der Waals surface area (Å²) in [6, 6.07) is 36.5. The van der Waals surface area contributed by atoms with E-state index in [2.05, 4.69) is 120 Å². The minimum Gasteiger partial charge on any atom is -0.314 e. The normalized spacial score (nSPS) is 14.6. The molecule has 6 heteroatoms. The van der Waals surface area contributed by atoms with E-state index in [1.165, 1.54) is 12.8 Å². The molecule has 6 aromatic rings. The van der Waals surface area contributed by atoms with Crippen molar-refractivity contribution in [1.82, 2.24) is 24.3 Å². The smallest absolute Gasteiger partial charge is 0.145 e. The molecule has 3 heterocycles. The summed E-state index contributed by atoms with van der Waals surface area (Å²) in [6.45, 7) is 0. The molecule has 7 rings (SSSR count). The van der Waals surface area contributed by atoms with E-state index < -0.39 is 5.54 Å². The maximum Gasteiger partial charge on any atom is 0.145 e. The SMILES string of the molecule is N#CCC(C1CCCC1)n1cc(-c2ncnc3c2ccn3C(c2ccccc2)(c2ccccc2)c2ccccc2)cn1. The topological polar surface area (TPSA) is 72.3 Å². The molecule has 206 valence electrons. The minimum absolute atomic E-state index is 0.0927. The van der Waals surface area contributed by atoms with Crippen LogP contribution in [0.2, 0.25) is 0 Å². The lowest BCUT2D eigenvalue weighted by Gasteiger charge is -2.38. The average molecular weight is 549 g/mol. The first-order chi connectivity index (χ1) is 20.8. The molecule has 0 spiro atoms. The van der Waals surface area contributed by atoms with Gasteiger partial charge in [-0.25, -0.2) is 9.97 Å². The second-order valence-electron chi connectivity index (χ2n) is 11.1. The molecular weight excluding hydrogens is 516 g/mol. The van der Waals surface area contributed by atoms with Crippen LogP contribution < -0.4 is 0 Å². The highest BCUT2D eigenvalue weighted by Gasteiger charge is 2.39. The minimum atomic E-state index is -0.665. The number of benzene rings is 3. The van der Waals surface area contributed by atoms with E-state index in [-0.39, 0.29) is 6.04 Å². The molecule has 6 nitrogen and oxygen atoms in total. The van der Waals surface area contributed by atoms with E-state index >= 15 is 0 Å². The number of nitriles is 1. The van der Waals surface area contributed by atoms with Gasteiger partial charge in [0.2, 0.25) is 0 Å². The summed E-state index contributed by atoms with van der Waals surface area (Å²) in [4.78, 5) is 9.65. The summed E-state index contributed by atoms with van der Waals surface area (Å²) in [5.74, 6) is 0.493. The molecule has 1 aliphatic rings. The standard InChI is InChI=1S/C36H32N6/c37-22-20-33(27-12-10-11-13-27)42-25-28(24-40-42)34-32-21-23-41(35(32)39-26-38-34)36(29-14-4-1-5-15-29,30-16-6-2-7-17-30)31-18-8-3-9-19-31/h1-9,14-19,21,23-27,33H,10-13,20H2. The third-order valence-electron chi connectivity index (χ3n) is 8.88. The Labute approximate surface area is 245 Å². The number of hydrogen-bond acceptors (Lipinski definition) is 4. The Bertz CT molecular complexity index is 1730. The van der Waals surface area contributed by atoms with Crippen LogP contribution in [0, 0.1) is 17.2 Å². The highest BCUT2D eigenvalue weighted by Crippen LogP contribution is 2.43. The van der Waals surface area contributed by atoms with E-state index in [9.17, 15) is 5.26 Å². The third kappa shape index (κ3) is 4.29. The quantitative estimate of drug-likeness (QED) is 0.182. The molecule has 0 N–H and O–H groups in total. The predicted molar refractivity (Wildman–Crippen MR) is 165 cm³/mol. The lowest BCUT2D eigenvalue weighted by Crippen LogP contribution is -2.37. The molecule has 1 saturated carbocycles. The Morgan fingerprint density at radius 1 is 0.810 bits per heavy atom. The molecule has 0 bridgehead atoms. The van der Waals surface area contributed by atoms with Crippen molar-refractivity contribution in [3.8, 4) is 17.3 Å². The summed E-state index contributed by atoms with van der Waals surface area (Å²) in [6.07, 6.45) is 13.0. The second-order valence-corrected chi connectivity index (χ2v) is 11.1. The van der Waals surface area contributed by atoms with Gasteiger partial charge < -0.3 is 4.57 Å². The maximum atomic E-state index is 9.57. The zero-order chi connectivity index (χ0) is 28.4. The van der Waals surface area contributed by atoms with Crippen molar-refractivity contribution in [3.05, 3.63) is 139 Å². The molecule has 0 radical (unpaired) electrons. The molecule has 3 aromatic heterocycles. The molecule has 1 atom stereocenters. The highest BCUT2D eigenvalue weighted by molar-refractivity contribution is 5.91. The molecule has 3 aromatic carbocycles. The Morgan fingerprint density at radius 3 is 1.98 bits per heavy atom. The summed E-state index contributed by atoms with van der Waals surface area (Å²) in [5, 5.41) is 15.3. The van der Waals surface area contributed by atoms with Gasteiger partial charge in [-0.1, -0.05) is 104 Å². The first-order valence-electron chi connectivity index (χ1n) is 14.7. The van der Waals surface area contributed by atoms with Gasteiger partial charge in [0.05, 0.1) is 30.4 Å². The van der Waals surface area contributed by atoms with Gasteiger partial charge >= 0.3 is 0 Å². The lowest BCUT2D eigenvalue weighted by molar-refractivity contribution is 0.315. The summed E-state index contributed by atoms with van der Waals surface area (Å²) >= 11 is 0. The number of rotatable bonds is 8. The maximum absolute atomic E-state index is 9.57. The van der Waals surface area contributed by atoms with Crippen molar-refractivity contribution in [1.29, 1.82) is 5.26 Å². The van der Waals surface area contributed by atoms with Crippen molar-refractivity contribution >= 4 is 11.0 Å². The van der Waals surface area contributed by atoms with Crippen molar-refractivity contribution in [2.24, 2.45) is 5.92 Å². The molecule has 1 unspecified atom stereocenters. The van der Waals surface area contributed by atoms with E-state index in [1.807, 2.05) is 10.9 Å². The van der Waals surface area contributed by atoms with Crippen LogP contribution >= 0.6 is 0 Å². The predicted octanol–water partition coefficient (Wildman–Crippen LogP) is 7.78. The zero-order valence-corrected chi connectivity index (χ0v) is 23.4. The van der Waals surface area contributed by atoms with Gasteiger partial charge in [-0.2, -0.15) is 10.4 Å². The van der Waals surface area contributed by atoms with Gasteiger partial charge in [-0.05, 0) is 41.5 Å². The van der Waals surface area contributed by atoms with Crippen LogP contribution in [0.4, 0.5) is 0 Å². The molecular formula is C36H32N6. The van der Waals surface area contributed by atoms with E-state index in [0.29, 0.717) is 12.3 Å². The van der Waals surface area contributed by atoms with Crippen molar-refractivity contribution in [2.45, 2.75) is 43.7 Å². The fourth-order valence-electron chi connectivity index (χ4n) is 6.96. The van der Waals surface area contributed by atoms with Gasteiger partial charge in [-0.15, -0.1) is 0 Å². The Balaban J connectivity index is 1.42. The first kappa shape index (κ1) is 25.9. The molecule has 42 heavy (non-hydrogen) atoms. The monoisotopic (exact) mass is 548 g/mol. The summed E-state index contributed by atoms with van der Waals surface area (Å²) < 4.78 is 4.29. The van der Waals surface area contributed by atoms with Crippen molar-refractivity contribution in [3.63, 3.8) is 0 Å². The number of aromatic nitrogens is 5. The van der Waals surface area contributed by atoms with Gasteiger partial charge in [-0.3, -0.25) is 4.68 Å². The second kappa shape index (κ2) is 11.1. The first-order valence-corrected chi connectivity index (χ1v) is 14.7. The van der Waals surface area contributed by atoms with Gasteiger partial charge in [0.15, 0.2) is 0 Å². The van der Waals surface area contributed by atoms with E-state index in [1.54, 1.807) is 6.33 Å². The van der Waals surface area contributed by atoms with Crippen LogP contribution in [0.25, 0.3) is 22.3 Å². The number of nitrogens with zero attached hydrogens (tertiary/aromatic N) is 6. The van der Waals surface area contributed by atoms with Crippen LogP contribution in [0.3, 0.4) is 0 Å². The van der Waals surface area contributed by atoms with E-state index in [0.717, 1.165) is 51.8 Å². The molecule has 1 aliphatic carbocycles. The zero-order valence-electron chi connectivity index (χ0n) is 23.4. The Morgan fingerprint density at radius 2 is 1.40 bits per heavy atom. The van der Waals surface area contributed by atoms with Crippen molar-refractivity contribution in [2.75, 3.05) is 0 Å². The number of fused-ring (bicyclic) bond motifs is 1. The largest absolute Gasteiger partial charge is 0.314 e. The lowest BCUT2D eigenvalue weighted by atomic mass is 9.76. The van der Waals surface area contributed by atoms with Crippen molar-refractivity contribution < 1.29 is 0 Å². The summed E-state index contributed by atoms with van der Waals surface area (Å²) in [7, 11) is 0. The van der Waals surface area contributed by atoms with Gasteiger partial charge in [0.1, 0.15) is 17.5 Å². The molecule has 0 saturated heterocycles. The Hall–Kier alpha value is -5.02. The Kier molecular flexibility index (Phi) is 6.85. The molecule has 0 amide bonds. The molecule has 1 fully saturated rings. The summed E-state index contributed by atoms with van der Waals surface area (Å²) in [5.41, 5.74) is 5.38. The highest BCUT2D eigenvalue weighted by atomic mass is 15.3. The van der Waals surface area contributed by atoms with E-state index in [4.69, 9.17) is 15.1 Å². The van der Waals surface area contributed by atoms with Gasteiger partial charge in [0, 0.05) is 23.3 Å². The van der Waals surface area contributed by atoms with Crippen LogP contribution in [0.5, 0.6) is 0 Å². The van der Waals surface area contributed by atoms with Crippen LogP contribution in [-0.2, 0) is 5.54 Å². The fourth-order valence-corrected chi connectivity index (χ4v) is 6.96. The van der Waals surface area contributed by atoms with Crippen LogP contribution in [-0.4, -0.2) is 24.3 Å². The van der Waals surface area contributed by atoms with Gasteiger partial charge in [0.25, 0.3) is 0 Å². The molecule has 0 aliphatic heterocycles. The average Bonchev–Trinajstić information content (AvgIpc) is 3.84. The van der Waals surface area contributed by atoms with Crippen LogP contribution in [0.15, 0.2) is 122 Å². The number of hydrogen-bond donors (Lipinski definition) is 0. The van der Waals surface area contributed by atoms with Crippen LogP contribution in [0.1, 0.15) is 54.8 Å².